The van der Waals surface area contributed by atoms with Crippen molar-refractivity contribution in [1.29, 1.82) is 0 Å². The Labute approximate surface area is 569 Å². The zero-order chi connectivity index (χ0) is 67.6. The molecule has 96 heavy (non-hydrogen) atoms. The Hall–Kier alpha value is -8.44. The summed E-state index contributed by atoms with van der Waals surface area (Å²) < 4.78 is 70.2. The Morgan fingerprint density at radius 2 is 0.271 bits per heavy atom. The molecule has 0 saturated carbocycles. The van der Waals surface area contributed by atoms with Gasteiger partial charge in [0.2, 0.25) is 0 Å². The van der Waals surface area contributed by atoms with E-state index in [2.05, 4.69) is 83.1 Å². The van der Waals surface area contributed by atoms with Crippen LogP contribution in [-0.4, -0.2) is 0 Å². The van der Waals surface area contributed by atoms with E-state index in [1.54, 1.807) is 0 Å². The molecule has 480 valence electrons. The van der Waals surface area contributed by atoms with Crippen LogP contribution in [0.4, 0.5) is 0 Å². The van der Waals surface area contributed by atoms with Crippen LogP contribution in [0.1, 0.15) is 111 Å². The molecule has 0 heterocycles. The van der Waals surface area contributed by atoms with Gasteiger partial charge in [0.25, 0.3) is 0 Å². The highest BCUT2D eigenvalue weighted by Gasteiger charge is 2.42. The van der Waals surface area contributed by atoms with Gasteiger partial charge >= 0.3 is 0 Å². The average molecular weight is 1330 g/mol. The second-order valence-electron chi connectivity index (χ2n) is 26.6. The molecular weight excluding hydrogens is 1240 g/mol. The molecule has 0 aromatic heterocycles. The summed E-state index contributed by atoms with van der Waals surface area (Å²) in [7, 11) is -14.7. The van der Waals surface area contributed by atoms with E-state index in [9.17, 15) is 0 Å². The van der Waals surface area contributed by atoms with Crippen LogP contribution in [0.25, 0.3) is 0 Å². The maximum atomic E-state index is 17.6. The minimum Gasteiger partial charge on any atom is -0.309 e. The van der Waals surface area contributed by atoms with E-state index in [4.69, 9.17) is 0 Å². The molecule has 0 amide bonds. The van der Waals surface area contributed by atoms with E-state index < -0.39 is 28.6 Å². The van der Waals surface area contributed by atoms with Crippen molar-refractivity contribution in [3.63, 3.8) is 0 Å². The monoisotopic (exact) mass is 1330 g/mol. The molecule has 0 spiro atoms. The maximum Gasteiger partial charge on any atom is 0.171 e. The summed E-state index contributed by atoms with van der Waals surface area (Å²) in [5.74, 6) is 0. The van der Waals surface area contributed by atoms with Gasteiger partial charge in [0, 0.05) is 63.7 Å². The van der Waals surface area contributed by atoms with E-state index in [1.165, 1.54) is 0 Å². The first-order valence-electron chi connectivity index (χ1n) is 33.5. The molecule has 8 bridgehead atoms. The van der Waals surface area contributed by atoms with Crippen molar-refractivity contribution >= 4 is 92.2 Å². The van der Waals surface area contributed by atoms with Crippen molar-refractivity contribution in [2.45, 2.75) is 109 Å². The fraction of sp³-hybridized carbons (Fsp3) is 0.182. The van der Waals surface area contributed by atoms with Crippen LogP contribution in [0, 0.1) is 83.1 Å². The highest BCUT2D eigenvalue weighted by atomic mass is 31.2. The Morgan fingerprint density at radius 1 is 0.167 bits per heavy atom. The molecule has 0 unspecified atom stereocenters. The summed E-state index contributed by atoms with van der Waals surface area (Å²) in [6.45, 7) is 26.6. The Kier molecular flexibility index (Phi) is 18.1. The molecule has 1 aliphatic rings. The maximum absolute atomic E-state index is 17.6. The van der Waals surface area contributed by atoms with Crippen molar-refractivity contribution < 1.29 is 18.3 Å². The first-order valence-corrected chi connectivity index (χ1v) is 40.4. The van der Waals surface area contributed by atoms with Crippen molar-refractivity contribution in [1.82, 2.24) is 0 Å². The fourth-order valence-electron chi connectivity index (χ4n) is 16.7. The lowest BCUT2D eigenvalue weighted by Gasteiger charge is -2.33. The van der Waals surface area contributed by atoms with Gasteiger partial charge < -0.3 is 18.3 Å². The smallest absolute Gasteiger partial charge is 0.171 e. The third-order valence-electron chi connectivity index (χ3n) is 21.7. The van der Waals surface area contributed by atoms with Crippen molar-refractivity contribution in [2.75, 3.05) is 0 Å². The van der Waals surface area contributed by atoms with E-state index >= 15 is 18.3 Å². The van der Waals surface area contributed by atoms with E-state index in [0.717, 1.165) is 175 Å². The van der Waals surface area contributed by atoms with E-state index in [0.29, 0.717) is 25.7 Å². The van der Waals surface area contributed by atoms with Gasteiger partial charge in [0.05, 0.1) is 0 Å². The van der Waals surface area contributed by atoms with Crippen molar-refractivity contribution in [2.24, 2.45) is 0 Å². The van der Waals surface area contributed by atoms with E-state index in [1.807, 2.05) is 243 Å². The normalized spacial score (nSPS) is 12.8. The highest BCUT2D eigenvalue weighted by molar-refractivity contribution is 7.86. The molecule has 1 aliphatic carbocycles. The third kappa shape index (κ3) is 10.7. The molecule has 12 aromatic rings. The first kappa shape index (κ1) is 66.2. The summed E-state index contributed by atoms with van der Waals surface area (Å²) in [6, 6.07) is 80.5. The zero-order valence-electron chi connectivity index (χ0n) is 57.3. The molecule has 13 rings (SSSR count). The molecule has 8 heteroatoms. The molecule has 4 nitrogen and oxygen atoms in total. The van der Waals surface area contributed by atoms with Crippen LogP contribution >= 0.6 is 28.6 Å². The molecule has 0 saturated heterocycles. The Balaban J connectivity index is 1.24. The third-order valence-corrected chi connectivity index (χ3v) is 35.1. The lowest BCUT2D eigenvalue weighted by Crippen LogP contribution is -2.33. The topological polar surface area (TPSA) is 68.3 Å². The second kappa shape index (κ2) is 26.2. The van der Waals surface area contributed by atoms with Gasteiger partial charge in [-0.25, -0.2) is 0 Å². The highest BCUT2D eigenvalue weighted by Crippen LogP contribution is 2.53. The van der Waals surface area contributed by atoms with Crippen LogP contribution in [0.3, 0.4) is 0 Å². The molecule has 0 N–H and O–H groups in total. The van der Waals surface area contributed by atoms with E-state index in [-0.39, 0.29) is 0 Å². The van der Waals surface area contributed by atoms with Gasteiger partial charge in [-0.05, 0) is 220 Å². The zero-order valence-corrected chi connectivity index (χ0v) is 60.9. The quantitative estimate of drug-likeness (QED) is 0.114. The van der Waals surface area contributed by atoms with Crippen LogP contribution < -0.4 is 63.7 Å². The van der Waals surface area contributed by atoms with Crippen molar-refractivity contribution in [3.8, 4) is 0 Å². The van der Waals surface area contributed by atoms with Gasteiger partial charge in [0.15, 0.2) is 28.6 Å². The lowest BCUT2D eigenvalue weighted by atomic mass is 9.79. The molecular formula is C88H84O4P4. The predicted octanol–water partition coefficient (Wildman–Crippen LogP) is 16.6. The number of hydrogen-bond donors (Lipinski definition) is 0. The SMILES string of the molecule is Cc1c2c(C)c(P(=O)(c3ccccc3)c3ccccc3)c(C)c1Cc1c(C)c(c(C)c(P(=O)(c3ccccc3)c3ccccc3)c1C)Cc1c(C)c(c(C)c(P(=O)(c3ccccc3)c3ccccc3)c1C)Cc1c(C)c(c(C)c(P(=O)(c3ccccc3)c3ccccc3)c1C)C2. The van der Waals surface area contributed by atoms with Gasteiger partial charge in [-0.3, -0.25) is 0 Å². The standard InChI is InChI=1S/C88H84O4P4/c1-57-77-53-79-58(2)81(65(9)86(63(79)7)94(90,71-41-25-15-26-42-71)72-43-27-16-28-44-72)55-83-60(4)84(68(12)88(67(83)11)96(92,75-49-33-19-34-50-75)76-51-35-20-36-52-76)56-82-59(3)80(64(8)87(66(82)10)95(91,73-45-29-17-30-46-73)74-47-31-18-32-48-74)54-78(57)62(6)85(61(77)5)93(89,69-37-21-13-22-38-69)70-39-23-14-24-40-70/h13-52H,53-56H2,1-12H3. The summed E-state index contributed by atoms with van der Waals surface area (Å²) >= 11 is 0. The van der Waals surface area contributed by atoms with Gasteiger partial charge in [0.1, 0.15) is 0 Å². The minimum absolute atomic E-state index is 0.447. The summed E-state index contributed by atoms with van der Waals surface area (Å²) in [6.07, 6.45) is 1.79. The van der Waals surface area contributed by atoms with Gasteiger partial charge in [-0.1, -0.05) is 243 Å². The van der Waals surface area contributed by atoms with Crippen molar-refractivity contribution in [3.05, 3.63) is 354 Å². The largest absolute Gasteiger partial charge is 0.309 e. The fourth-order valence-corrected chi connectivity index (χ4v) is 29.5. The van der Waals surface area contributed by atoms with Gasteiger partial charge in [-0.15, -0.1) is 0 Å². The first-order chi connectivity index (χ1) is 46.2. The Morgan fingerprint density at radius 3 is 0.375 bits per heavy atom. The summed E-state index contributed by atoms with van der Waals surface area (Å²) in [5, 5.41) is 9.37. The number of rotatable bonds is 12. The summed E-state index contributed by atoms with van der Waals surface area (Å²) in [4.78, 5) is 0. The average Bonchev–Trinajstić information content (AvgIpc) is 0.759. The van der Waals surface area contributed by atoms with Crippen LogP contribution in [0.2, 0.25) is 0 Å². The van der Waals surface area contributed by atoms with Crippen LogP contribution in [-0.2, 0) is 43.9 Å². The van der Waals surface area contributed by atoms with Crippen LogP contribution in [0.5, 0.6) is 0 Å². The molecule has 12 aromatic carbocycles. The number of benzene rings is 12. The Bertz CT molecular complexity index is 4260. The van der Waals surface area contributed by atoms with Crippen LogP contribution in [0.15, 0.2) is 243 Å². The predicted molar refractivity (Wildman–Crippen MR) is 411 cm³/mol. The molecule has 0 atom stereocenters. The number of fused-ring (bicyclic) bond motifs is 8. The molecule has 0 radical (unpaired) electrons. The molecule has 0 fully saturated rings. The number of hydrogen-bond acceptors (Lipinski definition) is 4. The lowest BCUT2D eigenvalue weighted by molar-refractivity contribution is 0.591. The van der Waals surface area contributed by atoms with Gasteiger partial charge in [-0.2, -0.15) is 0 Å². The minimum atomic E-state index is -3.68. The second-order valence-corrected chi connectivity index (χ2v) is 37.3. The molecule has 0 aliphatic heterocycles. The summed E-state index contributed by atoms with van der Waals surface area (Å²) in [5.41, 5.74) is 20.8.